The summed E-state index contributed by atoms with van der Waals surface area (Å²) in [5.41, 5.74) is 2.04. The summed E-state index contributed by atoms with van der Waals surface area (Å²) in [5.74, 6) is -0.324. The van der Waals surface area contributed by atoms with Gasteiger partial charge >= 0.3 is 0 Å². The number of anilines is 1. The van der Waals surface area contributed by atoms with E-state index in [9.17, 15) is 18.0 Å². The molecule has 7 heteroatoms. The van der Waals surface area contributed by atoms with Crippen LogP contribution in [-0.4, -0.2) is 43.9 Å². The SMILES string of the molecule is O=C(CNc1ccccc1C(=O)c1ccccc1)c1ccc(S(=O)(=O)N2CCCC2)cc1. The largest absolute Gasteiger partial charge is 0.377 e. The molecule has 0 aromatic heterocycles. The quantitative estimate of drug-likeness (QED) is 0.527. The Bertz CT molecular complexity index is 1220. The van der Waals surface area contributed by atoms with Gasteiger partial charge in [-0.15, -0.1) is 0 Å². The van der Waals surface area contributed by atoms with Gasteiger partial charge in [0.1, 0.15) is 0 Å². The first-order valence-electron chi connectivity index (χ1n) is 10.5. The molecule has 1 aliphatic heterocycles. The third-order valence-electron chi connectivity index (χ3n) is 5.53. The van der Waals surface area contributed by atoms with Crippen LogP contribution in [0.15, 0.2) is 83.8 Å². The summed E-state index contributed by atoms with van der Waals surface area (Å²) in [5, 5.41) is 3.05. The number of rotatable bonds is 8. The van der Waals surface area contributed by atoms with Gasteiger partial charge in [0, 0.05) is 35.5 Å². The fourth-order valence-corrected chi connectivity index (χ4v) is 5.27. The molecule has 4 rings (SSSR count). The summed E-state index contributed by atoms with van der Waals surface area (Å²) in [6, 6.07) is 22.1. The van der Waals surface area contributed by atoms with Gasteiger partial charge in [-0.3, -0.25) is 9.59 Å². The van der Waals surface area contributed by atoms with Crippen LogP contribution in [0.4, 0.5) is 5.69 Å². The molecular weight excluding hydrogens is 424 g/mol. The molecule has 0 radical (unpaired) electrons. The molecule has 0 amide bonds. The van der Waals surface area contributed by atoms with Crippen LogP contribution in [0.3, 0.4) is 0 Å². The zero-order chi connectivity index (χ0) is 22.6. The minimum Gasteiger partial charge on any atom is -0.377 e. The molecule has 1 heterocycles. The molecule has 0 unspecified atom stereocenters. The van der Waals surface area contributed by atoms with Crippen LogP contribution in [0.25, 0.3) is 0 Å². The second-order valence-electron chi connectivity index (χ2n) is 7.65. The van der Waals surface area contributed by atoms with Crippen molar-refractivity contribution in [3.8, 4) is 0 Å². The third-order valence-corrected chi connectivity index (χ3v) is 7.44. The smallest absolute Gasteiger partial charge is 0.243 e. The highest BCUT2D eigenvalue weighted by Gasteiger charge is 2.27. The Labute approximate surface area is 187 Å². The molecule has 3 aromatic carbocycles. The van der Waals surface area contributed by atoms with E-state index in [4.69, 9.17) is 0 Å². The van der Waals surface area contributed by atoms with Crippen molar-refractivity contribution in [3.63, 3.8) is 0 Å². The van der Waals surface area contributed by atoms with Gasteiger partial charge in [-0.05, 0) is 49.2 Å². The predicted octanol–water partition coefficient (Wildman–Crippen LogP) is 4.00. The Hall–Kier alpha value is -3.29. The molecule has 0 saturated carbocycles. The van der Waals surface area contributed by atoms with E-state index in [0.29, 0.717) is 35.5 Å². The summed E-state index contributed by atoms with van der Waals surface area (Å²) in [7, 11) is -3.51. The van der Waals surface area contributed by atoms with Gasteiger partial charge in [-0.2, -0.15) is 4.31 Å². The van der Waals surface area contributed by atoms with Crippen molar-refractivity contribution < 1.29 is 18.0 Å². The van der Waals surface area contributed by atoms with E-state index < -0.39 is 10.0 Å². The first-order chi connectivity index (χ1) is 15.5. The second-order valence-corrected chi connectivity index (χ2v) is 9.59. The zero-order valence-corrected chi connectivity index (χ0v) is 18.3. The van der Waals surface area contributed by atoms with Crippen molar-refractivity contribution in [3.05, 3.63) is 95.6 Å². The Balaban J connectivity index is 1.45. The maximum Gasteiger partial charge on any atom is 0.243 e. The van der Waals surface area contributed by atoms with E-state index >= 15 is 0 Å². The van der Waals surface area contributed by atoms with Crippen LogP contribution >= 0.6 is 0 Å². The van der Waals surface area contributed by atoms with Crippen LogP contribution in [0.2, 0.25) is 0 Å². The molecule has 1 fully saturated rings. The number of sulfonamides is 1. The van der Waals surface area contributed by atoms with Crippen molar-refractivity contribution >= 4 is 27.3 Å². The number of nitrogens with zero attached hydrogens (tertiary/aromatic N) is 1. The molecule has 3 aromatic rings. The summed E-state index contributed by atoms with van der Waals surface area (Å²) in [4.78, 5) is 25.7. The number of Topliss-reactive ketones (excluding diaryl/α,β-unsaturated/α-hetero) is 1. The van der Waals surface area contributed by atoms with E-state index in [2.05, 4.69) is 5.32 Å². The zero-order valence-electron chi connectivity index (χ0n) is 17.5. The lowest BCUT2D eigenvalue weighted by Crippen LogP contribution is -2.27. The first kappa shape index (κ1) is 21.9. The van der Waals surface area contributed by atoms with E-state index in [0.717, 1.165) is 12.8 Å². The van der Waals surface area contributed by atoms with Gasteiger partial charge in [0.25, 0.3) is 0 Å². The molecule has 0 bridgehead atoms. The number of benzene rings is 3. The number of para-hydroxylation sites is 1. The van der Waals surface area contributed by atoms with Gasteiger partial charge in [-0.25, -0.2) is 8.42 Å². The van der Waals surface area contributed by atoms with Crippen molar-refractivity contribution in [1.29, 1.82) is 0 Å². The summed E-state index contributed by atoms with van der Waals surface area (Å²) in [6.07, 6.45) is 1.74. The monoisotopic (exact) mass is 448 g/mol. The average Bonchev–Trinajstić information content (AvgIpc) is 3.39. The van der Waals surface area contributed by atoms with E-state index in [-0.39, 0.29) is 23.0 Å². The van der Waals surface area contributed by atoms with Crippen molar-refractivity contribution in [2.45, 2.75) is 17.7 Å². The maximum absolute atomic E-state index is 12.8. The van der Waals surface area contributed by atoms with Crippen molar-refractivity contribution in [1.82, 2.24) is 4.31 Å². The number of hydrogen-bond donors (Lipinski definition) is 1. The van der Waals surface area contributed by atoms with Crippen LogP contribution in [0.1, 0.15) is 39.1 Å². The third kappa shape index (κ3) is 4.64. The second kappa shape index (κ2) is 9.46. The summed E-state index contributed by atoms with van der Waals surface area (Å²) >= 11 is 0. The maximum atomic E-state index is 12.8. The fourth-order valence-electron chi connectivity index (χ4n) is 3.75. The number of nitrogens with one attached hydrogen (secondary N) is 1. The fraction of sp³-hybridized carbons (Fsp3) is 0.200. The normalized spacial score (nSPS) is 14.2. The van der Waals surface area contributed by atoms with Crippen molar-refractivity contribution in [2.24, 2.45) is 0 Å². The Morgan fingerprint density at radius 1 is 0.781 bits per heavy atom. The van der Waals surface area contributed by atoms with Gasteiger partial charge < -0.3 is 5.32 Å². The predicted molar refractivity (Wildman–Crippen MR) is 124 cm³/mol. The minimum atomic E-state index is -3.51. The highest BCUT2D eigenvalue weighted by molar-refractivity contribution is 7.89. The number of carbonyl (C=O) groups is 2. The topological polar surface area (TPSA) is 83.5 Å². The average molecular weight is 449 g/mol. The highest BCUT2D eigenvalue weighted by Crippen LogP contribution is 2.22. The number of carbonyl (C=O) groups excluding carboxylic acids is 2. The molecule has 0 spiro atoms. The molecule has 1 saturated heterocycles. The van der Waals surface area contributed by atoms with Gasteiger partial charge in [-0.1, -0.05) is 42.5 Å². The molecule has 6 nitrogen and oxygen atoms in total. The molecule has 1 N–H and O–H groups in total. The van der Waals surface area contributed by atoms with Gasteiger partial charge in [0.15, 0.2) is 11.6 Å². The lowest BCUT2D eigenvalue weighted by molar-refractivity contribution is 0.100. The van der Waals surface area contributed by atoms with Crippen LogP contribution in [0, 0.1) is 0 Å². The van der Waals surface area contributed by atoms with Crippen LogP contribution < -0.4 is 5.32 Å². The lowest BCUT2D eigenvalue weighted by atomic mass is 10.0. The van der Waals surface area contributed by atoms with E-state index in [1.54, 1.807) is 48.5 Å². The summed E-state index contributed by atoms with van der Waals surface area (Å²) < 4.78 is 26.8. The Morgan fingerprint density at radius 2 is 1.41 bits per heavy atom. The molecule has 0 atom stereocenters. The van der Waals surface area contributed by atoms with E-state index in [1.165, 1.54) is 28.6 Å². The van der Waals surface area contributed by atoms with Crippen LogP contribution in [-0.2, 0) is 10.0 Å². The lowest BCUT2D eigenvalue weighted by Gasteiger charge is -2.15. The first-order valence-corrected chi connectivity index (χ1v) is 12.0. The Kier molecular flexibility index (Phi) is 6.48. The molecule has 1 aliphatic rings. The molecular formula is C25H24N2O4S. The summed E-state index contributed by atoms with van der Waals surface area (Å²) in [6.45, 7) is 1.05. The van der Waals surface area contributed by atoms with Gasteiger partial charge in [0.2, 0.25) is 10.0 Å². The number of ketones is 2. The van der Waals surface area contributed by atoms with Gasteiger partial charge in [0.05, 0.1) is 11.4 Å². The molecule has 32 heavy (non-hydrogen) atoms. The Morgan fingerprint density at radius 3 is 2.09 bits per heavy atom. The highest BCUT2D eigenvalue weighted by atomic mass is 32.2. The molecule has 0 aliphatic carbocycles. The van der Waals surface area contributed by atoms with Crippen molar-refractivity contribution in [2.75, 3.05) is 25.0 Å². The minimum absolute atomic E-state index is 0.0166. The molecule has 164 valence electrons. The standard InChI is InChI=1S/C25H24N2O4S/c28-24(19-12-14-21(15-13-19)32(30,31)27-16-6-7-17-27)18-26-23-11-5-4-10-22(23)25(29)20-8-2-1-3-9-20/h1-5,8-15,26H,6-7,16-18H2. The van der Waals surface area contributed by atoms with E-state index in [1.807, 2.05) is 6.07 Å². The van der Waals surface area contributed by atoms with Crippen LogP contribution in [0.5, 0.6) is 0 Å². The number of hydrogen-bond acceptors (Lipinski definition) is 5.